The average Bonchev–Trinajstić information content (AvgIpc) is 3.03. The van der Waals surface area contributed by atoms with Gasteiger partial charge in [0.05, 0.1) is 47.6 Å². The number of esters is 1. The number of nitrogens with zero attached hydrogens (tertiary/aromatic N) is 2. The molecule has 1 aliphatic rings. The molecule has 0 saturated heterocycles. The monoisotopic (exact) mass is 470 g/mol. The third kappa shape index (κ3) is 4.95. The topological polar surface area (TPSA) is 140 Å². The number of fused-ring (bicyclic) bond motifs is 1. The maximum atomic E-state index is 13.0. The van der Waals surface area contributed by atoms with Gasteiger partial charge in [-0.25, -0.2) is 9.78 Å². The van der Waals surface area contributed by atoms with Gasteiger partial charge in [-0.3, -0.25) is 9.36 Å². The maximum absolute atomic E-state index is 13.0. The Balaban J connectivity index is 1.78. The second-order valence-electron chi connectivity index (χ2n) is 7.49. The van der Waals surface area contributed by atoms with Crippen molar-refractivity contribution in [1.82, 2.24) is 9.55 Å². The first-order chi connectivity index (χ1) is 15.3. The number of aliphatic hydroxyl groups is 3. The third-order valence-electron chi connectivity index (χ3n) is 5.50. The Bertz CT molecular complexity index is 999. The molecule has 0 amide bonds. The molecular weight excluding hydrogens is 444 g/mol. The van der Waals surface area contributed by atoms with Crippen LogP contribution in [0.1, 0.15) is 26.3 Å². The molecule has 1 aliphatic carbocycles. The molecule has 1 saturated carbocycles. The van der Waals surface area contributed by atoms with Crippen LogP contribution in [0.3, 0.4) is 0 Å². The van der Waals surface area contributed by atoms with Crippen molar-refractivity contribution in [2.45, 2.75) is 50.9 Å². The number of aromatic nitrogens is 2. The van der Waals surface area contributed by atoms with Crippen LogP contribution in [0.4, 0.5) is 0 Å². The van der Waals surface area contributed by atoms with E-state index in [9.17, 15) is 24.9 Å². The van der Waals surface area contributed by atoms with Crippen molar-refractivity contribution in [1.29, 1.82) is 0 Å². The van der Waals surface area contributed by atoms with E-state index < -0.39 is 48.1 Å². The van der Waals surface area contributed by atoms with E-state index in [2.05, 4.69) is 4.98 Å². The zero-order valence-corrected chi connectivity index (χ0v) is 18.5. The minimum atomic E-state index is -1.55. The molecule has 10 nitrogen and oxygen atoms in total. The van der Waals surface area contributed by atoms with Crippen molar-refractivity contribution in [2.75, 3.05) is 19.8 Å². The first-order valence-electron chi connectivity index (χ1n) is 10.4. The van der Waals surface area contributed by atoms with Gasteiger partial charge in [0.25, 0.3) is 5.56 Å². The Hall–Kier alpha value is -2.08. The highest BCUT2D eigenvalue weighted by atomic mass is 35.5. The molecule has 1 unspecified atom stereocenters. The lowest BCUT2D eigenvalue weighted by molar-refractivity contribution is -0.203. The molecule has 0 radical (unpaired) electrons. The third-order valence-corrected chi connectivity index (χ3v) is 5.81. The molecule has 0 spiro atoms. The van der Waals surface area contributed by atoms with Crippen molar-refractivity contribution < 1.29 is 34.3 Å². The first kappa shape index (κ1) is 24.6. The van der Waals surface area contributed by atoms with Gasteiger partial charge < -0.3 is 29.5 Å². The van der Waals surface area contributed by atoms with E-state index in [0.717, 1.165) is 0 Å². The van der Waals surface area contributed by atoms with Crippen molar-refractivity contribution >= 4 is 28.5 Å². The second-order valence-corrected chi connectivity index (χ2v) is 7.89. The zero-order chi connectivity index (χ0) is 23.4. The Morgan fingerprint density at radius 3 is 2.69 bits per heavy atom. The summed E-state index contributed by atoms with van der Waals surface area (Å²) in [7, 11) is 0. The van der Waals surface area contributed by atoms with Gasteiger partial charge in [-0.15, -0.1) is 0 Å². The first-order valence-corrected chi connectivity index (χ1v) is 10.8. The minimum Gasteiger partial charge on any atom is -0.464 e. The number of carbonyl (C=O) groups is 1. The number of halogens is 1. The fraction of sp³-hybridized carbons (Fsp3) is 0.571. The number of hydrogen-bond donors (Lipinski definition) is 3. The van der Waals surface area contributed by atoms with E-state index in [1.165, 1.54) is 10.9 Å². The summed E-state index contributed by atoms with van der Waals surface area (Å²) >= 11 is 6.17. The van der Waals surface area contributed by atoms with Crippen LogP contribution in [0.2, 0.25) is 5.02 Å². The predicted molar refractivity (Wildman–Crippen MR) is 114 cm³/mol. The summed E-state index contributed by atoms with van der Waals surface area (Å²) in [5, 5.41) is 31.7. The summed E-state index contributed by atoms with van der Waals surface area (Å²) in [5.74, 6) is -1.43. The Morgan fingerprint density at radius 1 is 1.25 bits per heavy atom. The van der Waals surface area contributed by atoms with Gasteiger partial charge in [0.15, 0.2) is 6.29 Å². The molecule has 6 atom stereocenters. The molecular formula is C21H27ClN2O8. The van der Waals surface area contributed by atoms with Crippen LogP contribution in [-0.2, 0) is 19.0 Å². The molecule has 1 aromatic heterocycles. The van der Waals surface area contributed by atoms with Crippen LogP contribution in [0, 0.1) is 5.92 Å². The normalized spacial score (nSPS) is 25.1. The van der Waals surface area contributed by atoms with E-state index >= 15 is 0 Å². The van der Waals surface area contributed by atoms with Crippen molar-refractivity contribution in [3.63, 3.8) is 0 Å². The number of benzene rings is 1. The highest BCUT2D eigenvalue weighted by Gasteiger charge is 2.44. The van der Waals surface area contributed by atoms with Gasteiger partial charge in [-0.05, 0) is 32.4 Å². The van der Waals surface area contributed by atoms with E-state index in [4.69, 9.17) is 25.8 Å². The molecule has 2 aromatic rings. The van der Waals surface area contributed by atoms with Crippen molar-refractivity contribution in [2.24, 2.45) is 5.92 Å². The lowest BCUT2D eigenvalue weighted by atomic mass is 10.1. The fourth-order valence-electron chi connectivity index (χ4n) is 3.89. The maximum Gasteiger partial charge on any atom is 0.340 e. The van der Waals surface area contributed by atoms with Crippen LogP contribution in [0.25, 0.3) is 10.9 Å². The van der Waals surface area contributed by atoms with Gasteiger partial charge >= 0.3 is 5.97 Å². The fourth-order valence-corrected chi connectivity index (χ4v) is 4.14. The summed E-state index contributed by atoms with van der Waals surface area (Å²) in [6.45, 7) is 3.32. The lowest BCUT2D eigenvalue weighted by Crippen LogP contribution is -2.41. The molecule has 11 heteroatoms. The largest absolute Gasteiger partial charge is 0.464 e. The van der Waals surface area contributed by atoms with Crippen LogP contribution >= 0.6 is 11.6 Å². The SMILES string of the molecule is CCOC(=O)C(OC[C@H]1C[C@@H](n2cnc3cccc(Cl)c3c2=O)[C@H](O)[C@@H]1O)[C@@H](O)OCC. The molecule has 32 heavy (non-hydrogen) atoms. The number of hydrogen-bond acceptors (Lipinski definition) is 9. The standard InChI is InChI=1S/C21H27ClN2O8/c1-3-30-20(28)18(21(29)31-4-2)32-9-11-8-14(17(26)16(11)25)24-10-23-13-7-5-6-12(22)15(13)19(24)27/h5-7,10-11,14,16-18,20,25-26,28H,3-4,8-9H2,1-2H3/t11-,14-,16-,17+,18?,20+/m1/s1. The van der Waals surface area contributed by atoms with Crippen LogP contribution in [0.5, 0.6) is 0 Å². The van der Waals surface area contributed by atoms with Crippen molar-refractivity contribution in [3.8, 4) is 0 Å². The number of ether oxygens (including phenoxy) is 3. The number of aliphatic hydroxyl groups excluding tert-OH is 3. The molecule has 1 fully saturated rings. The quantitative estimate of drug-likeness (QED) is 0.355. The molecule has 1 heterocycles. The Kier molecular flexibility index (Phi) is 8.21. The second kappa shape index (κ2) is 10.7. The summed E-state index contributed by atoms with van der Waals surface area (Å²) in [6, 6.07) is 4.13. The molecule has 176 valence electrons. The van der Waals surface area contributed by atoms with Crippen molar-refractivity contribution in [3.05, 3.63) is 39.9 Å². The van der Waals surface area contributed by atoms with Crippen LogP contribution < -0.4 is 5.56 Å². The van der Waals surface area contributed by atoms with Gasteiger partial charge in [0.1, 0.15) is 6.10 Å². The Morgan fingerprint density at radius 2 is 2.00 bits per heavy atom. The minimum absolute atomic E-state index is 0.0881. The lowest BCUT2D eigenvalue weighted by Gasteiger charge is -2.24. The molecule has 0 aliphatic heterocycles. The average molecular weight is 471 g/mol. The van der Waals surface area contributed by atoms with Gasteiger partial charge in [-0.2, -0.15) is 0 Å². The van der Waals surface area contributed by atoms with Gasteiger partial charge in [-0.1, -0.05) is 17.7 Å². The number of rotatable bonds is 9. The van der Waals surface area contributed by atoms with E-state index in [1.807, 2.05) is 0 Å². The highest BCUT2D eigenvalue weighted by Crippen LogP contribution is 2.35. The predicted octanol–water partition coefficient (Wildman–Crippen LogP) is 0.636. The summed E-state index contributed by atoms with van der Waals surface area (Å²) in [6.07, 6.45) is -4.00. The van der Waals surface area contributed by atoms with Crippen LogP contribution in [0.15, 0.2) is 29.3 Å². The summed E-state index contributed by atoms with van der Waals surface area (Å²) < 4.78 is 16.7. The Labute approximate surface area is 189 Å². The number of carbonyl (C=O) groups excluding carboxylic acids is 1. The van der Waals surface area contributed by atoms with Crippen LogP contribution in [-0.4, -0.2) is 75.3 Å². The summed E-state index contributed by atoms with van der Waals surface area (Å²) in [5.41, 5.74) is -0.0107. The molecule has 1 aromatic carbocycles. The van der Waals surface area contributed by atoms with E-state index in [-0.39, 0.29) is 36.7 Å². The molecule has 3 N–H and O–H groups in total. The molecule has 3 rings (SSSR count). The van der Waals surface area contributed by atoms with E-state index in [0.29, 0.717) is 5.52 Å². The van der Waals surface area contributed by atoms with E-state index in [1.54, 1.807) is 32.0 Å². The smallest absolute Gasteiger partial charge is 0.340 e. The molecule has 0 bridgehead atoms. The zero-order valence-electron chi connectivity index (χ0n) is 17.8. The summed E-state index contributed by atoms with van der Waals surface area (Å²) in [4.78, 5) is 29.4. The van der Waals surface area contributed by atoms with Gasteiger partial charge in [0.2, 0.25) is 6.10 Å². The highest BCUT2D eigenvalue weighted by molar-refractivity contribution is 6.35. The van der Waals surface area contributed by atoms with Gasteiger partial charge in [0, 0.05) is 12.5 Å².